The average molecular weight is 298 g/mol. The average Bonchev–Trinajstić information content (AvgIpc) is 3.05. The summed E-state index contributed by atoms with van der Waals surface area (Å²) in [5.74, 6) is -0.788. The lowest BCUT2D eigenvalue weighted by Gasteiger charge is -2.37. The number of carbonyl (C=O) groups is 2. The van der Waals surface area contributed by atoms with Gasteiger partial charge in [-0.1, -0.05) is 13.3 Å². The lowest BCUT2D eigenvalue weighted by atomic mass is 9.91. The van der Waals surface area contributed by atoms with Crippen molar-refractivity contribution in [3.63, 3.8) is 0 Å². The largest absolute Gasteiger partial charge is 0.479 e. The fourth-order valence-electron chi connectivity index (χ4n) is 3.69. The summed E-state index contributed by atoms with van der Waals surface area (Å²) in [6, 6.07) is -0.175. The van der Waals surface area contributed by atoms with Crippen molar-refractivity contribution in [2.24, 2.45) is 5.92 Å². The van der Waals surface area contributed by atoms with Crippen LogP contribution in [-0.2, 0) is 4.79 Å². The highest BCUT2D eigenvalue weighted by Crippen LogP contribution is 2.35. The lowest BCUT2D eigenvalue weighted by molar-refractivity contribution is -0.148. The molecule has 0 aliphatic carbocycles. The molecular formula is C15H26N2O4. The Hall–Kier alpha value is -1.30. The van der Waals surface area contributed by atoms with Gasteiger partial charge in [0.15, 0.2) is 0 Å². The van der Waals surface area contributed by atoms with Crippen LogP contribution in [0.3, 0.4) is 0 Å². The van der Waals surface area contributed by atoms with Crippen LogP contribution in [0.25, 0.3) is 0 Å². The molecule has 2 amide bonds. The molecule has 0 aromatic carbocycles. The van der Waals surface area contributed by atoms with Crippen LogP contribution in [-0.4, -0.2) is 63.3 Å². The van der Waals surface area contributed by atoms with Gasteiger partial charge in [0.05, 0.1) is 6.10 Å². The first-order valence-electron chi connectivity index (χ1n) is 7.90. The second kappa shape index (κ2) is 6.22. The predicted molar refractivity (Wildman–Crippen MR) is 78.0 cm³/mol. The highest BCUT2D eigenvalue weighted by Gasteiger charge is 2.50. The topological polar surface area (TPSA) is 81.1 Å². The maximum Gasteiger partial charge on any atom is 0.329 e. The van der Waals surface area contributed by atoms with Crippen LogP contribution < -0.4 is 0 Å². The molecule has 0 radical (unpaired) electrons. The molecule has 3 unspecified atom stereocenters. The van der Waals surface area contributed by atoms with E-state index in [4.69, 9.17) is 0 Å². The van der Waals surface area contributed by atoms with E-state index < -0.39 is 17.6 Å². The van der Waals surface area contributed by atoms with Crippen molar-refractivity contribution in [1.82, 2.24) is 9.80 Å². The van der Waals surface area contributed by atoms with Crippen molar-refractivity contribution >= 4 is 12.0 Å². The number of aliphatic hydroxyl groups excluding tert-OH is 1. The molecule has 2 heterocycles. The molecule has 6 heteroatoms. The van der Waals surface area contributed by atoms with Gasteiger partial charge in [0.2, 0.25) is 0 Å². The number of urea groups is 1. The summed E-state index contributed by atoms with van der Waals surface area (Å²) < 4.78 is 0. The lowest BCUT2D eigenvalue weighted by Crippen LogP contribution is -2.56. The molecule has 6 nitrogen and oxygen atoms in total. The maximum atomic E-state index is 12.7. The summed E-state index contributed by atoms with van der Waals surface area (Å²) in [4.78, 5) is 27.7. The van der Waals surface area contributed by atoms with Crippen LogP contribution in [0, 0.1) is 5.92 Å². The van der Waals surface area contributed by atoms with E-state index >= 15 is 0 Å². The molecule has 0 bridgehead atoms. The summed E-state index contributed by atoms with van der Waals surface area (Å²) in [5.41, 5.74) is -1.03. The number of aliphatic hydroxyl groups is 1. The number of likely N-dealkylation sites (tertiary alicyclic amines) is 2. The number of nitrogens with zero attached hydrogens (tertiary/aromatic N) is 2. The van der Waals surface area contributed by atoms with Crippen LogP contribution in [0.15, 0.2) is 0 Å². The number of hydrogen-bond donors (Lipinski definition) is 2. The maximum absolute atomic E-state index is 12.7. The Kier molecular flexibility index (Phi) is 4.76. The Balaban J connectivity index is 2.12. The first-order chi connectivity index (χ1) is 9.92. The first kappa shape index (κ1) is 16.1. The summed E-state index contributed by atoms with van der Waals surface area (Å²) in [6.45, 7) is 5.33. The van der Waals surface area contributed by atoms with Gasteiger partial charge in [0.1, 0.15) is 5.54 Å². The Morgan fingerprint density at radius 1 is 1.38 bits per heavy atom. The number of rotatable bonds is 4. The van der Waals surface area contributed by atoms with Gasteiger partial charge in [-0.3, -0.25) is 0 Å². The standard InChI is InChI=1S/C15H26N2O4/c1-3-6-15(13(19)20)7-4-8-17(15)14(21)16-9-5-12(10-16)11(2)18/h11-12,18H,3-10H2,1-2H3,(H,19,20). The summed E-state index contributed by atoms with van der Waals surface area (Å²) in [6.07, 6.45) is 2.88. The normalized spacial score (nSPS) is 30.7. The van der Waals surface area contributed by atoms with Crippen molar-refractivity contribution < 1.29 is 19.8 Å². The van der Waals surface area contributed by atoms with E-state index in [2.05, 4.69) is 0 Å². The zero-order valence-corrected chi connectivity index (χ0v) is 12.9. The molecule has 0 aromatic rings. The highest BCUT2D eigenvalue weighted by molar-refractivity contribution is 5.87. The van der Waals surface area contributed by atoms with Gasteiger partial charge < -0.3 is 20.0 Å². The Bertz CT molecular complexity index is 412. The van der Waals surface area contributed by atoms with Crippen LogP contribution in [0.4, 0.5) is 4.79 Å². The van der Waals surface area contributed by atoms with E-state index in [0.29, 0.717) is 32.5 Å². The number of amides is 2. The number of carboxylic acids is 1. The minimum absolute atomic E-state index is 0.0990. The predicted octanol–water partition coefficient (Wildman–Crippen LogP) is 1.53. The fourth-order valence-corrected chi connectivity index (χ4v) is 3.69. The summed E-state index contributed by atoms with van der Waals surface area (Å²) in [7, 11) is 0. The van der Waals surface area contributed by atoms with Crippen LogP contribution in [0.5, 0.6) is 0 Å². The number of carbonyl (C=O) groups excluding carboxylic acids is 1. The van der Waals surface area contributed by atoms with Gasteiger partial charge >= 0.3 is 12.0 Å². The Labute approximate surface area is 125 Å². The summed E-state index contributed by atoms with van der Waals surface area (Å²) >= 11 is 0. The second-order valence-electron chi connectivity index (χ2n) is 6.36. The van der Waals surface area contributed by atoms with Crippen molar-refractivity contribution in [1.29, 1.82) is 0 Å². The molecule has 120 valence electrons. The van der Waals surface area contributed by atoms with E-state index in [-0.39, 0.29) is 11.9 Å². The molecule has 0 aromatic heterocycles. The fraction of sp³-hybridized carbons (Fsp3) is 0.867. The molecule has 2 N–H and O–H groups in total. The van der Waals surface area contributed by atoms with E-state index in [9.17, 15) is 19.8 Å². The van der Waals surface area contributed by atoms with Gasteiger partial charge in [-0.2, -0.15) is 0 Å². The molecule has 0 spiro atoms. The molecule has 3 atom stereocenters. The van der Waals surface area contributed by atoms with Crippen LogP contribution in [0.1, 0.15) is 46.0 Å². The Morgan fingerprint density at radius 3 is 2.62 bits per heavy atom. The number of carboxylic acid groups (broad SMARTS) is 1. The molecule has 2 aliphatic heterocycles. The molecule has 0 saturated carbocycles. The van der Waals surface area contributed by atoms with E-state index in [0.717, 1.165) is 19.3 Å². The van der Waals surface area contributed by atoms with Crippen molar-refractivity contribution in [2.75, 3.05) is 19.6 Å². The number of hydrogen-bond acceptors (Lipinski definition) is 3. The van der Waals surface area contributed by atoms with Gasteiger partial charge in [-0.05, 0) is 32.6 Å². The monoisotopic (exact) mass is 298 g/mol. The molecule has 2 aliphatic rings. The van der Waals surface area contributed by atoms with Gasteiger partial charge in [0, 0.05) is 25.6 Å². The van der Waals surface area contributed by atoms with E-state index in [1.165, 1.54) is 0 Å². The molecule has 2 fully saturated rings. The van der Waals surface area contributed by atoms with Crippen LogP contribution in [0.2, 0.25) is 0 Å². The third-order valence-electron chi connectivity index (χ3n) is 4.96. The SMILES string of the molecule is CCCC1(C(=O)O)CCCN1C(=O)N1CCC(C(C)O)C1. The highest BCUT2D eigenvalue weighted by atomic mass is 16.4. The van der Waals surface area contributed by atoms with Crippen molar-refractivity contribution in [2.45, 2.75) is 57.6 Å². The smallest absolute Gasteiger partial charge is 0.329 e. The molecular weight excluding hydrogens is 272 g/mol. The van der Waals surface area contributed by atoms with Crippen LogP contribution >= 0.6 is 0 Å². The first-order valence-corrected chi connectivity index (χ1v) is 7.90. The molecule has 21 heavy (non-hydrogen) atoms. The van der Waals surface area contributed by atoms with Gasteiger partial charge in [0.25, 0.3) is 0 Å². The summed E-state index contributed by atoms with van der Waals surface area (Å²) in [5, 5.41) is 19.3. The molecule has 2 rings (SSSR count). The number of aliphatic carboxylic acids is 1. The quantitative estimate of drug-likeness (QED) is 0.824. The third-order valence-corrected chi connectivity index (χ3v) is 4.96. The minimum Gasteiger partial charge on any atom is -0.479 e. The van der Waals surface area contributed by atoms with Gasteiger partial charge in [-0.15, -0.1) is 0 Å². The minimum atomic E-state index is -1.03. The zero-order valence-electron chi connectivity index (χ0n) is 12.9. The second-order valence-corrected chi connectivity index (χ2v) is 6.36. The van der Waals surface area contributed by atoms with Crippen molar-refractivity contribution in [3.05, 3.63) is 0 Å². The van der Waals surface area contributed by atoms with E-state index in [1.807, 2.05) is 6.92 Å². The molecule has 2 saturated heterocycles. The van der Waals surface area contributed by atoms with Crippen molar-refractivity contribution in [3.8, 4) is 0 Å². The zero-order chi connectivity index (χ0) is 15.6. The van der Waals surface area contributed by atoms with Gasteiger partial charge in [-0.25, -0.2) is 9.59 Å². The Morgan fingerprint density at radius 2 is 2.10 bits per heavy atom. The third kappa shape index (κ3) is 2.86. The van der Waals surface area contributed by atoms with E-state index in [1.54, 1.807) is 16.7 Å².